The smallest absolute Gasteiger partial charge is 0.416 e. The van der Waals surface area contributed by atoms with E-state index in [9.17, 15) is 18.3 Å². The topological polar surface area (TPSA) is 38.7 Å². The first-order chi connectivity index (χ1) is 9.85. The third-order valence-electron chi connectivity index (χ3n) is 2.96. The van der Waals surface area contributed by atoms with E-state index in [2.05, 4.69) is 0 Å². The van der Waals surface area contributed by atoms with Gasteiger partial charge in [0.2, 0.25) is 0 Å². The summed E-state index contributed by atoms with van der Waals surface area (Å²) < 4.78 is 48.7. The molecule has 2 aromatic carbocycles. The Morgan fingerprint density at radius 1 is 0.952 bits per heavy atom. The number of hydrogen-bond donors (Lipinski definition) is 1. The first-order valence-corrected chi connectivity index (χ1v) is 5.99. The van der Waals surface area contributed by atoms with Crippen LogP contribution in [0, 0.1) is 0 Å². The molecule has 112 valence electrons. The van der Waals surface area contributed by atoms with Gasteiger partial charge in [0.1, 0.15) is 17.2 Å². The van der Waals surface area contributed by atoms with Crippen LogP contribution in [0.4, 0.5) is 13.2 Å². The molecule has 0 aliphatic carbocycles. The number of phenols is 1. The van der Waals surface area contributed by atoms with E-state index in [1.165, 1.54) is 20.3 Å². The molecule has 0 aliphatic rings. The van der Waals surface area contributed by atoms with Crippen LogP contribution >= 0.6 is 0 Å². The summed E-state index contributed by atoms with van der Waals surface area (Å²) in [7, 11) is 2.87. The summed E-state index contributed by atoms with van der Waals surface area (Å²) in [5.41, 5.74) is -0.335. The molecule has 0 fully saturated rings. The second kappa shape index (κ2) is 5.55. The molecule has 0 atom stereocenters. The second-order valence-electron chi connectivity index (χ2n) is 4.33. The quantitative estimate of drug-likeness (QED) is 0.927. The Bertz CT molecular complexity index is 651. The van der Waals surface area contributed by atoms with Crippen LogP contribution in [0.5, 0.6) is 17.2 Å². The molecule has 3 nitrogen and oxygen atoms in total. The van der Waals surface area contributed by atoms with Gasteiger partial charge in [-0.05, 0) is 42.0 Å². The molecular weight excluding hydrogens is 285 g/mol. The van der Waals surface area contributed by atoms with Crippen molar-refractivity contribution in [2.75, 3.05) is 14.2 Å². The molecule has 0 aromatic heterocycles. The van der Waals surface area contributed by atoms with E-state index in [1.807, 2.05) is 0 Å². The highest BCUT2D eigenvalue weighted by Crippen LogP contribution is 2.39. The van der Waals surface area contributed by atoms with Gasteiger partial charge in [0.15, 0.2) is 0 Å². The van der Waals surface area contributed by atoms with Gasteiger partial charge < -0.3 is 14.6 Å². The molecule has 0 spiro atoms. The Hall–Kier alpha value is -2.37. The first-order valence-electron chi connectivity index (χ1n) is 5.99. The highest BCUT2D eigenvalue weighted by atomic mass is 19.4. The minimum atomic E-state index is -4.54. The SMILES string of the molecule is COc1ccc(OC)c(-c2cc(O)cc(C(F)(F)F)c2)c1. The molecule has 6 heteroatoms. The van der Waals surface area contributed by atoms with Gasteiger partial charge in [-0.2, -0.15) is 13.2 Å². The van der Waals surface area contributed by atoms with Crippen molar-refractivity contribution in [3.8, 4) is 28.4 Å². The van der Waals surface area contributed by atoms with Crippen LogP contribution in [-0.4, -0.2) is 19.3 Å². The molecule has 0 bridgehead atoms. The lowest BCUT2D eigenvalue weighted by molar-refractivity contribution is -0.137. The molecule has 0 heterocycles. The Morgan fingerprint density at radius 2 is 1.67 bits per heavy atom. The van der Waals surface area contributed by atoms with Crippen molar-refractivity contribution in [2.24, 2.45) is 0 Å². The molecule has 2 rings (SSSR count). The molecule has 21 heavy (non-hydrogen) atoms. The number of halogens is 3. The van der Waals surface area contributed by atoms with Crippen LogP contribution in [0.1, 0.15) is 5.56 Å². The zero-order valence-corrected chi connectivity index (χ0v) is 11.4. The molecule has 2 aromatic rings. The van der Waals surface area contributed by atoms with Crippen molar-refractivity contribution >= 4 is 0 Å². The van der Waals surface area contributed by atoms with Crippen molar-refractivity contribution < 1.29 is 27.8 Å². The molecule has 0 saturated carbocycles. The molecule has 0 amide bonds. The fourth-order valence-electron chi connectivity index (χ4n) is 1.97. The van der Waals surface area contributed by atoms with Gasteiger partial charge in [-0.15, -0.1) is 0 Å². The third kappa shape index (κ3) is 3.21. The monoisotopic (exact) mass is 298 g/mol. The lowest BCUT2D eigenvalue weighted by Gasteiger charge is -2.13. The van der Waals surface area contributed by atoms with Crippen molar-refractivity contribution in [3.63, 3.8) is 0 Å². The number of phenolic OH excluding ortho intramolecular Hbond substituents is 1. The number of hydrogen-bond acceptors (Lipinski definition) is 3. The summed E-state index contributed by atoms with van der Waals surface area (Å²) in [6.45, 7) is 0. The van der Waals surface area contributed by atoms with Gasteiger partial charge in [-0.25, -0.2) is 0 Å². The third-order valence-corrected chi connectivity index (χ3v) is 2.96. The lowest BCUT2D eigenvalue weighted by Crippen LogP contribution is -2.04. The van der Waals surface area contributed by atoms with Crippen molar-refractivity contribution in [3.05, 3.63) is 42.0 Å². The number of rotatable bonds is 3. The standard InChI is InChI=1S/C15H13F3O3/c1-20-12-3-4-14(21-2)13(8-12)9-5-10(15(16,17)18)7-11(19)6-9/h3-8,19H,1-2H3. The average Bonchev–Trinajstić information content (AvgIpc) is 2.45. The van der Waals surface area contributed by atoms with Crippen LogP contribution in [0.2, 0.25) is 0 Å². The lowest BCUT2D eigenvalue weighted by atomic mass is 10.0. The minimum Gasteiger partial charge on any atom is -0.508 e. The number of aromatic hydroxyl groups is 1. The van der Waals surface area contributed by atoms with Crippen LogP contribution in [0.25, 0.3) is 11.1 Å². The van der Waals surface area contributed by atoms with Gasteiger partial charge in [-0.3, -0.25) is 0 Å². The first kappa shape index (κ1) is 15.0. The summed E-state index contributed by atoms with van der Waals surface area (Å²) in [5, 5.41) is 9.54. The zero-order valence-electron chi connectivity index (χ0n) is 11.4. The average molecular weight is 298 g/mol. The summed E-state index contributed by atoms with van der Waals surface area (Å²) in [4.78, 5) is 0. The molecule has 0 saturated heterocycles. The van der Waals surface area contributed by atoms with Crippen molar-refractivity contribution in [1.29, 1.82) is 0 Å². The summed E-state index contributed by atoms with van der Waals surface area (Å²) in [5.74, 6) is 0.391. The van der Waals surface area contributed by atoms with E-state index < -0.39 is 17.5 Å². The maximum Gasteiger partial charge on any atom is 0.416 e. The predicted octanol–water partition coefficient (Wildman–Crippen LogP) is 4.10. The maximum atomic E-state index is 12.8. The predicted molar refractivity (Wildman–Crippen MR) is 71.6 cm³/mol. The Kier molecular flexibility index (Phi) is 3.97. The van der Waals surface area contributed by atoms with E-state index in [4.69, 9.17) is 9.47 Å². The molecule has 0 radical (unpaired) electrons. The summed E-state index contributed by atoms with van der Waals surface area (Å²) in [6, 6.07) is 7.65. The largest absolute Gasteiger partial charge is 0.508 e. The van der Waals surface area contributed by atoms with Crippen LogP contribution in [0.3, 0.4) is 0 Å². The number of methoxy groups -OCH3 is 2. The van der Waals surface area contributed by atoms with Crippen LogP contribution in [0.15, 0.2) is 36.4 Å². The minimum absolute atomic E-state index is 0.193. The number of ether oxygens (including phenoxy) is 2. The second-order valence-corrected chi connectivity index (χ2v) is 4.33. The van der Waals surface area contributed by atoms with Crippen molar-refractivity contribution in [2.45, 2.75) is 6.18 Å². The Balaban J connectivity index is 2.63. The van der Waals surface area contributed by atoms with Crippen molar-refractivity contribution in [1.82, 2.24) is 0 Å². The highest BCUT2D eigenvalue weighted by Gasteiger charge is 2.31. The summed E-state index contributed by atoms with van der Waals surface area (Å²) >= 11 is 0. The van der Waals surface area contributed by atoms with E-state index in [0.29, 0.717) is 23.1 Å². The van der Waals surface area contributed by atoms with Gasteiger partial charge in [0, 0.05) is 5.56 Å². The maximum absolute atomic E-state index is 12.8. The normalized spacial score (nSPS) is 11.3. The number of alkyl halides is 3. The van der Waals surface area contributed by atoms with E-state index in [1.54, 1.807) is 18.2 Å². The van der Waals surface area contributed by atoms with Gasteiger partial charge in [0.25, 0.3) is 0 Å². The fourth-order valence-corrected chi connectivity index (χ4v) is 1.97. The zero-order chi connectivity index (χ0) is 15.6. The Labute approximate surface area is 119 Å². The highest BCUT2D eigenvalue weighted by molar-refractivity contribution is 5.73. The van der Waals surface area contributed by atoms with E-state index >= 15 is 0 Å². The molecule has 0 unspecified atom stereocenters. The van der Waals surface area contributed by atoms with Gasteiger partial charge in [0.05, 0.1) is 19.8 Å². The molecule has 0 aliphatic heterocycles. The summed E-state index contributed by atoms with van der Waals surface area (Å²) in [6.07, 6.45) is -4.54. The molecule has 1 N–H and O–H groups in total. The molecular formula is C15H13F3O3. The van der Waals surface area contributed by atoms with Gasteiger partial charge >= 0.3 is 6.18 Å². The van der Waals surface area contributed by atoms with E-state index in [0.717, 1.165) is 6.07 Å². The fraction of sp³-hybridized carbons (Fsp3) is 0.200. The number of benzene rings is 2. The van der Waals surface area contributed by atoms with Gasteiger partial charge in [-0.1, -0.05) is 0 Å². The Morgan fingerprint density at radius 3 is 2.24 bits per heavy atom. The van der Waals surface area contributed by atoms with E-state index in [-0.39, 0.29) is 5.56 Å². The van der Waals surface area contributed by atoms with Crippen LogP contribution in [-0.2, 0) is 6.18 Å². The van der Waals surface area contributed by atoms with Crippen LogP contribution < -0.4 is 9.47 Å².